The third-order valence-corrected chi connectivity index (χ3v) is 4.35. The van der Waals surface area contributed by atoms with Gasteiger partial charge in [0, 0.05) is 18.0 Å². The monoisotopic (exact) mass is 289 g/mol. The van der Waals surface area contributed by atoms with Crippen molar-refractivity contribution in [1.29, 1.82) is 0 Å². The minimum Gasteiger partial charge on any atom is -0.353 e. The molecular weight excluding hydrogens is 270 g/mol. The summed E-state index contributed by atoms with van der Waals surface area (Å²) in [4.78, 5) is 11.3. The normalized spacial score (nSPS) is 16.5. The van der Waals surface area contributed by atoms with E-state index in [-0.39, 0.29) is 0 Å². The molecule has 1 heterocycles. The molecule has 1 aliphatic rings. The summed E-state index contributed by atoms with van der Waals surface area (Å²) in [6.45, 7) is 3.15. The van der Waals surface area contributed by atoms with Crippen LogP contribution in [0.4, 0.5) is 5.82 Å². The van der Waals surface area contributed by atoms with Gasteiger partial charge in [-0.05, 0) is 43.5 Å². The molecule has 0 radical (unpaired) electrons. The molecule has 0 aliphatic heterocycles. The molecule has 0 bridgehead atoms. The van der Waals surface area contributed by atoms with Crippen molar-refractivity contribution in [2.75, 3.05) is 11.4 Å². The summed E-state index contributed by atoms with van der Waals surface area (Å²) in [7, 11) is 0. The molecule has 4 heteroatoms. The fourth-order valence-electron chi connectivity index (χ4n) is 3.22. The Bertz CT molecular complexity index is 593. The highest BCUT2D eigenvalue weighted by Crippen LogP contribution is 2.31. The van der Waals surface area contributed by atoms with Gasteiger partial charge in [-0.25, -0.2) is 4.98 Å². The van der Waals surface area contributed by atoms with E-state index in [4.69, 9.17) is 11.6 Å². The maximum absolute atomic E-state index is 6.11. The zero-order chi connectivity index (χ0) is 13.9. The predicted molar refractivity (Wildman–Crippen MR) is 84.4 cm³/mol. The lowest BCUT2D eigenvalue weighted by molar-refractivity contribution is 0.417. The molecule has 1 fully saturated rings. The lowest BCUT2D eigenvalue weighted by Crippen LogP contribution is -2.37. The van der Waals surface area contributed by atoms with Crippen molar-refractivity contribution in [2.24, 2.45) is 0 Å². The van der Waals surface area contributed by atoms with Crippen LogP contribution in [0.15, 0.2) is 24.3 Å². The Morgan fingerprint density at radius 1 is 1.15 bits per heavy atom. The van der Waals surface area contributed by atoms with Crippen molar-refractivity contribution in [1.82, 2.24) is 9.97 Å². The van der Waals surface area contributed by atoms with Gasteiger partial charge in [-0.3, -0.25) is 0 Å². The topological polar surface area (TPSA) is 29.0 Å². The molecule has 1 aromatic heterocycles. The fourth-order valence-corrected chi connectivity index (χ4v) is 3.40. The van der Waals surface area contributed by atoms with Gasteiger partial charge in [0.05, 0.1) is 5.52 Å². The van der Waals surface area contributed by atoms with E-state index in [1.807, 2.05) is 18.2 Å². The van der Waals surface area contributed by atoms with Crippen LogP contribution in [0.1, 0.15) is 39.0 Å². The molecule has 0 N–H and O–H groups in total. The summed E-state index contributed by atoms with van der Waals surface area (Å²) in [5.41, 5.74) is 0.928. The Hall–Kier alpha value is -1.35. The maximum atomic E-state index is 6.11. The van der Waals surface area contributed by atoms with Crippen LogP contribution in [-0.4, -0.2) is 22.6 Å². The quantitative estimate of drug-likeness (QED) is 0.782. The van der Waals surface area contributed by atoms with Gasteiger partial charge in [0.1, 0.15) is 5.82 Å². The highest BCUT2D eigenvalue weighted by atomic mass is 35.5. The van der Waals surface area contributed by atoms with Crippen molar-refractivity contribution >= 4 is 28.3 Å². The second-order valence-electron chi connectivity index (χ2n) is 5.41. The van der Waals surface area contributed by atoms with Gasteiger partial charge in [-0.2, -0.15) is 4.98 Å². The number of hydrogen-bond acceptors (Lipinski definition) is 3. The average Bonchev–Trinajstić information content (AvgIpc) is 2.49. The Morgan fingerprint density at radius 3 is 2.65 bits per heavy atom. The molecule has 0 amide bonds. The largest absolute Gasteiger partial charge is 0.353 e. The maximum Gasteiger partial charge on any atom is 0.224 e. The molecule has 1 aromatic carbocycles. The molecule has 3 rings (SSSR count). The van der Waals surface area contributed by atoms with Crippen molar-refractivity contribution in [3.05, 3.63) is 29.5 Å². The van der Waals surface area contributed by atoms with E-state index in [9.17, 15) is 0 Å². The van der Waals surface area contributed by atoms with Crippen LogP contribution < -0.4 is 4.90 Å². The number of rotatable bonds is 3. The Labute approximate surface area is 125 Å². The summed E-state index contributed by atoms with van der Waals surface area (Å²) in [5.74, 6) is 0.995. The zero-order valence-corrected chi connectivity index (χ0v) is 12.6. The van der Waals surface area contributed by atoms with E-state index in [2.05, 4.69) is 27.9 Å². The summed E-state index contributed by atoms with van der Waals surface area (Å²) in [6, 6.07) is 8.71. The van der Waals surface area contributed by atoms with Gasteiger partial charge in [0.25, 0.3) is 0 Å². The number of halogens is 1. The SMILES string of the molecule is CCN(c1nc(Cl)nc2ccccc12)C1CCCCC1. The summed E-state index contributed by atoms with van der Waals surface area (Å²) in [6.07, 6.45) is 6.50. The number of nitrogens with zero attached hydrogens (tertiary/aromatic N) is 3. The van der Waals surface area contributed by atoms with E-state index in [1.165, 1.54) is 32.1 Å². The number of benzene rings is 1. The molecule has 20 heavy (non-hydrogen) atoms. The van der Waals surface area contributed by atoms with Crippen molar-refractivity contribution in [3.8, 4) is 0 Å². The first kappa shape index (κ1) is 13.6. The Balaban J connectivity index is 2.06. The van der Waals surface area contributed by atoms with Crippen LogP contribution in [0.3, 0.4) is 0 Å². The molecular formula is C16H20ClN3. The van der Waals surface area contributed by atoms with Crippen molar-refractivity contribution < 1.29 is 0 Å². The molecule has 0 atom stereocenters. The first-order chi connectivity index (χ1) is 9.79. The van der Waals surface area contributed by atoms with E-state index in [0.717, 1.165) is 23.3 Å². The predicted octanol–water partition coefficient (Wildman–Crippen LogP) is 4.44. The van der Waals surface area contributed by atoms with E-state index >= 15 is 0 Å². The standard InChI is InChI=1S/C16H20ClN3/c1-2-20(12-8-4-3-5-9-12)15-13-10-6-7-11-14(13)18-16(17)19-15/h6-7,10-12H,2-5,8-9H2,1H3. The van der Waals surface area contributed by atoms with E-state index < -0.39 is 0 Å². The van der Waals surface area contributed by atoms with Gasteiger partial charge in [0.2, 0.25) is 5.28 Å². The zero-order valence-electron chi connectivity index (χ0n) is 11.8. The van der Waals surface area contributed by atoms with Gasteiger partial charge >= 0.3 is 0 Å². The first-order valence-corrected chi connectivity index (χ1v) is 7.86. The number of para-hydroxylation sites is 1. The van der Waals surface area contributed by atoms with E-state index in [1.54, 1.807) is 0 Å². The summed E-state index contributed by atoms with van der Waals surface area (Å²) >= 11 is 6.11. The molecule has 0 saturated heterocycles. The van der Waals surface area contributed by atoms with Crippen LogP contribution in [-0.2, 0) is 0 Å². The lowest BCUT2D eigenvalue weighted by atomic mass is 9.94. The van der Waals surface area contributed by atoms with Crippen LogP contribution >= 0.6 is 11.6 Å². The molecule has 1 aliphatic carbocycles. The second-order valence-corrected chi connectivity index (χ2v) is 5.75. The van der Waals surface area contributed by atoms with Crippen LogP contribution in [0, 0.1) is 0 Å². The van der Waals surface area contributed by atoms with Crippen molar-refractivity contribution in [3.63, 3.8) is 0 Å². The number of anilines is 1. The van der Waals surface area contributed by atoms with Crippen LogP contribution in [0.25, 0.3) is 10.9 Å². The number of hydrogen-bond donors (Lipinski definition) is 0. The number of aromatic nitrogens is 2. The molecule has 0 spiro atoms. The minimum absolute atomic E-state index is 0.341. The lowest BCUT2D eigenvalue weighted by Gasteiger charge is -2.35. The smallest absolute Gasteiger partial charge is 0.224 e. The molecule has 106 valence electrons. The molecule has 2 aromatic rings. The van der Waals surface area contributed by atoms with E-state index in [0.29, 0.717) is 11.3 Å². The van der Waals surface area contributed by atoms with Gasteiger partial charge in [0.15, 0.2) is 0 Å². The highest BCUT2D eigenvalue weighted by Gasteiger charge is 2.23. The van der Waals surface area contributed by atoms with Gasteiger partial charge in [-0.15, -0.1) is 0 Å². The third kappa shape index (κ3) is 2.59. The Kier molecular flexibility index (Phi) is 4.06. The third-order valence-electron chi connectivity index (χ3n) is 4.18. The second kappa shape index (κ2) is 5.96. The number of fused-ring (bicyclic) bond motifs is 1. The molecule has 3 nitrogen and oxygen atoms in total. The van der Waals surface area contributed by atoms with Crippen LogP contribution in [0.5, 0.6) is 0 Å². The highest BCUT2D eigenvalue weighted by molar-refractivity contribution is 6.28. The summed E-state index contributed by atoms with van der Waals surface area (Å²) in [5, 5.41) is 1.44. The molecule has 0 unspecified atom stereocenters. The summed E-state index contributed by atoms with van der Waals surface area (Å²) < 4.78 is 0. The van der Waals surface area contributed by atoms with Crippen molar-refractivity contribution in [2.45, 2.75) is 45.1 Å². The van der Waals surface area contributed by atoms with Gasteiger partial charge in [-0.1, -0.05) is 31.4 Å². The first-order valence-electron chi connectivity index (χ1n) is 7.48. The van der Waals surface area contributed by atoms with Gasteiger partial charge < -0.3 is 4.90 Å². The average molecular weight is 290 g/mol. The minimum atomic E-state index is 0.341. The Morgan fingerprint density at radius 2 is 1.90 bits per heavy atom. The molecule has 1 saturated carbocycles. The fraction of sp³-hybridized carbons (Fsp3) is 0.500. The van der Waals surface area contributed by atoms with Crippen LogP contribution in [0.2, 0.25) is 5.28 Å².